The van der Waals surface area contributed by atoms with Crippen molar-refractivity contribution in [2.24, 2.45) is 17.8 Å². The molecule has 1 saturated carbocycles. The third-order valence-electron chi connectivity index (χ3n) is 8.18. The molecule has 2 amide bonds. The van der Waals surface area contributed by atoms with E-state index in [2.05, 4.69) is 10.6 Å². The van der Waals surface area contributed by atoms with Gasteiger partial charge >= 0.3 is 17.9 Å². The molecule has 1 unspecified atom stereocenters. The van der Waals surface area contributed by atoms with E-state index < -0.39 is 59.6 Å². The molecule has 3 aromatic carbocycles. The van der Waals surface area contributed by atoms with E-state index in [4.69, 9.17) is 14.2 Å². The highest BCUT2D eigenvalue weighted by Gasteiger charge is 2.41. The Morgan fingerprint density at radius 2 is 0.957 bits per heavy atom. The maximum atomic E-state index is 13.7. The van der Waals surface area contributed by atoms with Crippen LogP contribution in [0.4, 0.5) is 0 Å². The highest BCUT2D eigenvalue weighted by atomic mass is 16.5. The molecule has 0 radical (unpaired) electrons. The molecule has 0 aromatic heterocycles. The van der Waals surface area contributed by atoms with Crippen LogP contribution >= 0.6 is 0 Å². The van der Waals surface area contributed by atoms with Crippen LogP contribution in [0.5, 0.6) is 0 Å². The molecule has 0 saturated heterocycles. The van der Waals surface area contributed by atoms with Gasteiger partial charge in [0.25, 0.3) is 0 Å². The van der Waals surface area contributed by atoms with Gasteiger partial charge in [0.15, 0.2) is 0 Å². The Hall–Kier alpha value is -4.99. The molecule has 10 nitrogen and oxygen atoms in total. The maximum absolute atomic E-state index is 13.7. The van der Waals surface area contributed by atoms with E-state index in [1.165, 1.54) is 14.2 Å². The second-order valence-electron chi connectivity index (χ2n) is 11.4. The van der Waals surface area contributed by atoms with Gasteiger partial charge in [0.2, 0.25) is 11.8 Å². The van der Waals surface area contributed by atoms with Crippen molar-refractivity contribution in [1.82, 2.24) is 10.6 Å². The highest BCUT2D eigenvalue weighted by molar-refractivity contribution is 5.89. The molecule has 1 fully saturated rings. The average molecular weight is 629 g/mol. The number of benzene rings is 3. The van der Waals surface area contributed by atoms with Gasteiger partial charge in [-0.25, -0.2) is 9.59 Å². The van der Waals surface area contributed by atoms with Crippen LogP contribution in [-0.2, 0) is 57.6 Å². The Morgan fingerprint density at radius 1 is 0.587 bits per heavy atom. The molecule has 242 valence electrons. The summed E-state index contributed by atoms with van der Waals surface area (Å²) in [6, 6.07) is 25.7. The second-order valence-corrected chi connectivity index (χ2v) is 11.4. The molecular formula is C36H40N2O8. The van der Waals surface area contributed by atoms with E-state index >= 15 is 0 Å². The molecule has 0 aliphatic heterocycles. The van der Waals surface area contributed by atoms with Gasteiger partial charge in [-0.05, 0) is 36.0 Å². The van der Waals surface area contributed by atoms with Gasteiger partial charge in [-0.3, -0.25) is 14.4 Å². The van der Waals surface area contributed by atoms with Gasteiger partial charge in [0, 0.05) is 24.7 Å². The topological polar surface area (TPSA) is 137 Å². The van der Waals surface area contributed by atoms with Gasteiger partial charge in [0.05, 0.1) is 20.1 Å². The van der Waals surface area contributed by atoms with Crippen molar-refractivity contribution in [2.45, 2.75) is 50.8 Å². The fraction of sp³-hybridized carbons (Fsp3) is 0.361. The van der Waals surface area contributed by atoms with Gasteiger partial charge in [-0.1, -0.05) is 91.0 Å². The molecule has 0 bridgehead atoms. The summed E-state index contributed by atoms with van der Waals surface area (Å²) in [7, 11) is 2.50. The predicted molar refractivity (Wildman–Crippen MR) is 169 cm³/mol. The zero-order valence-electron chi connectivity index (χ0n) is 26.1. The van der Waals surface area contributed by atoms with Crippen LogP contribution in [0.1, 0.15) is 36.0 Å². The number of methoxy groups -OCH3 is 2. The summed E-state index contributed by atoms with van der Waals surface area (Å²) in [4.78, 5) is 66.0. The van der Waals surface area contributed by atoms with E-state index in [1.54, 1.807) is 0 Å². The van der Waals surface area contributed by atoms with E-state index in [-0.39, 0.29) is 38.7 Å². The minimum Gasteiger partial charge on any atom is -0.467 e. The molecular weight excluding hydrogens is 588 g/mol. The summed E-state index contributed by atoms with van der Waals surface area (Å²) in [6.07, 6.45) is 0.788. The Balaban J connectivity index is 1.52. The molecule has 0 heterocycles. The SMILES string of the molecule is COC(=O)[C@H](Cc1ccccc1)NC(=O)[C@@H]1CC(C(=O)OCc2ccccc2)C[C@H](C(=O)N[C@@H](Cc2ccccc2)C(=O)OC)C1. The first-order valence-corrected chi connectivity index (χ1v) is 15.3. The van der Waals surface area contributed by atoms with Gasteiger partial charge < -0.3 is 24.8 Å². The van der Waals surface area contributed by atoms with E-state index in [0.717, 1.165) is 16.7 Å². The van der Waals surface area contributed by atoms with Crippen molar-refractivity contribution in [1.29, 1.82) is 0 Å². The number of rotatable bonds is 13. The molecule has 0 spiro atoms. The lowest BCUT2D eigenvalue weighted by molar-refractivity contribution is -0.155. The number of hydrogen-bond donors (Lipinski definition) is 2. The van der Waals surface area contributed by atoms with E-state index in [1.807, 2.05) is 91.0 Å². The smallest absolute Gasteiger partial charge is 0.328 e. The van der Waals surface area contributed by atoms with Crippen molar-refractivity contribution in [3.05, 3.63) is 108 Å². The summed E-state index contributed by atoms with van der Waals surface area (Å²) >= 11 is 0. The summed E-state index contributed by atoms with van der Waals surface area (Å²) in [5.74, 6) is -5.02. The minimum atomic E-state index is -0.966. The van der Waals surface area contributed by atoms with Crippen LogP contribution in [0, 0.1) is 17.8 Å². The maximum Gasteiger partial charge on any atom is 0.328 e. The zero-order chi connectivity index (χ0) is 32.9. The van der Waals surface area contributed by atoms with Crippen LogP contribution < -0.4 is 10.6 Å². The molecule has 46 heavy (non-hydrogen) atoms. The third kappa shape index (κ3) is 9.76. The number of esters is 3. The van der Waals surface area contributed by atoms with Crippen LogP contribution in [-0.4, -0.2) is 56.0 Å². The Bertz CT molecular complexity index is 1380. The summed E-state index contributed by atoms with van der Waals surface area (Å²) in [5.41, 5.74) is 2.46. The molecule has 1 aliphatic rings. The fourth-order valence-corrected chi connectivity index (χ4v) is 5.74. The van der Waals surface area contributed by atoms with Crippen molar-refractivity contribution < 1.29 is 38.2 Å². The second kappa shape index (κ2) is 16.9. The fourth-order valence-electron chi connectivity index (χ4n) is 5.74. The number of carbonyl (C=O) groups excluding carboxylic acids is 5. The minimum absolute atomic E-state index is 0.0485. The first-order valence-electron chi connectivity index (χ1n) is 15.3. The molecule has 10 heteroatoms. The number of nitrogens with one attached hydrogen (secondary N) is 2. The normalized spacial score (nSPS) is 18.7. The van der Waals surface area contributed by atoms with E-state index in [9.17, 15) is 24.0 Å². The van der Waals surface area contributed by atoms with Crippen molar-refractivity contribution in [3.8, 4) is 0 Å². The Morgan fingerprint density at radius 3 is 1.35 bits per heavy atom. The van der Waals surface area contributed by atoms with Gasteiger partial charge in [-0.2, -0.15) is 0 Å². The van der Waals surface area contributed by atoms with Crippen LogP contribution in [0.2, 0.25) is 0 Å². The Labute approximate surface area is 268 Å². The first-order chi connectivity index (χ1) is 22.3. The summed E-state index contributed by atoms with van der Waals surface area (Å²) in [6.45, 7) is 0.0485. The van der Waals surface area contributed by atoms with Crippen molar-refractivity contribution in [3.63, 3.8) is 0 Å². The van der Waals surface area contributed by atoms with Crippen LogP contribution in [0.15, 0.2) is 91.0 Å². The van der Waals surface area contributed by atoms with Crippen LogP contribution in [0.3, 0.4) is 0 Å². The number of amides is 2. The van der Waals surface area contributed by atoms with E-state index in [0.29, 0.717) is 0 Å². The van der Waals surface area contributed by atoms with Crippen molar-refractivity contribution in [2.75, 3.05) is 14.2 Å². The number of ether oxygens (including phenoxy) is 3. The highest BCUT2D eigenvalue weighted by Crippen LogP contribution is 2.35. The van der Waals surface area contributed by atoms with Crippen LogP contribution in [0.25, 0.3) is 0 Å². The molecule has 4 rings (SSSR count). The molecule has 1 aliphatic carbocycles. The number of carbonyl (C=O) groups is 5. The molecule has 5 atom stereocenters. The quantitative estimate of drug-likeness (QED) is 0.217. The molecule has 3 aromatic rings. The summed E-state index contributed by atoms with van der Waals surface area (Å²) in [5, 5.41) is 5.58. The lowest BCUT2D eigenvalue weighted by atomic mass is 9.74. The zero-order valence-corrected chi connectivity index (χ0v) is 26.1. The third-order valence-corrected chi connectivity index (χ3v) is 8.18. The van der Waals surface area contributed by atoms with Crippen molar-refractivity contribution >= 4 is 29.7 Å². The number of hydrogen-bond acceptors (Lipinski definition) is 8. The molecule has 2 N–H and O–H groups in total. The average Bonchev–Trinajstić information content (AvgIpc) is 3.10. The van der Waals surface area contributed by atoms with Gasteiger partial charge in [-0.15, -0.1) is 0 Å². The summed E-state index contributed by atoms with van der Waals surface area (Å²) < 4.78 is 15.5. The first kappa shape index (κ1) is 33.9. The largest absolute Gasteiger partial charge is 0.467 e. The lowest BCUT2D eigenvalue weighted by Crippen LogP contribution is -2.50. The predicted octanol–water partition coefficient (Wildman–Crippen LogP) is 3.56. The Kier molecular flexibility index (Phi) is 12.5. The lowest BCUT2D eigenvalue weighted by Gasteiger charge is -2.33. The monoisotopic (exact) mass is 628 g/mol. The standard InChI is InChI=1S/C36H40N2O8/c1-44-35(42)30(18-24-12-6-3-7-13-24)37-32(39)27-20-28(22-29(21-27)34(41)46-23-26-16-10-5-11-17-26)33(40)38-31(36(43)45-2)19-25-14-8-4-9-15-25/h3-17,27-31H,18-23H2,1-2H3,(H,37,39)(H,38,40)/t27-,28+,29?,30-,31-/m0/s1. The van der Waals surface area contributed by atoms with Gasteiger partial charge in [0.1, 0.15) is 18.7 Å².